The number of non-ortho nitro benzene ring substituents is 1. The van der Waals surface area contributed by atoms with E-state index in [1.807, 2.05) is 6.92 Å². The average Bonchev–Trinajstić information content (AvgIpc) is 2.43. The molecule has 6 nitrogen and oxygen atoms in total. The number of aliphatic hydroxyl groups excluding tert-OH is 1. The Labute approximate surface area is 122 Å². The number of rotatable bonds is 8. The van der Waals surface area contributed by atoms with E-state index in [4.69, 9.17) is 10.5 Å². The van der Waals surface area contributed by atoms with E-state index in [0.717, 1.165) is 31.0 Å². The first kappa shape index (κ1) is 17.5. The Balaban J connectivity index is 3.08. The molecule has 2 atom stereocenters. The maximum absolute atomic E-state index is 14.0. The number of unbranched alkanes of at least 4 members (excludes halogenated alkanes) is 1. The molecular weight excluding hydrogens is 279 g/mol. The molecule has 0 saturated heterocycles. The molecule has 7 heteroatoms. The maximum Gasteiger partial charge on any atom is 0.269 e. The summed E-state index contributed by atoms with van der Waals surface area (Å²) in [5.41, 5.74) is 4.42. The number of aliphatic hydroxyl groups is 1. The highest BCUT2D eigenvalue weighted by Gasteiger charge is 2.36. The van der Waals surface area contributed by atoms with E-state index in [1.165, 1.54) is 6.92 Å². The van der Waals surface area contributed by atoms with Gasteiger partial charge in [0.25, 0.3) is 5.69 Å². The Morgan fingerprint density at radius 2 is 2.24 bits per heavy atom. The first-order chi connectivity index (χ1) is 9.84. The van der Waals surface area contributed by atoms with Gasteiger partial charge in [-0.3, -0.25) is 10.1 Å². The second kappa shape index (κ2) is 7.44. The van der Waals surface area contributed by atoms with Crippen molar-refractivity contribution in [1.29, 1.82) is 0 Å². The predicted octanol–water partition coefficient (Wildman–Crippen LogP) is 2.09. The lowest BCUT2D eigenvalue weighted by Crippen LogP contribution is -2.49. The molecule has 0 heterocycles. The molecular formula is C14H21FN2O4. The van der Waals surface area contributed by atoms with Gasteiger partial charge in [0.05, 0.1) is 17.1 Å². The summed E-state index contributed by atoms with van der Waals surface area (Å²) >= 11 is 0. The fraction of sp³-hybridized carbons (Fsp3) is 0.571. The first-order valence-electron chi connectivity index (χ1n) is 6.80. The summed E-state index contributed by atoms with van der Waals surface area (Å²) in [6, 6.07) is 3.15. The SMILES string of the molecule is CCCCOC(CO)[C@](C)(N)c1cc([N+](=O)[O-])ccc1F. The molecule has 1 rings (SSSR count). The van der Waals surface area contributed by atoms with Gasteiger partial charge in [-0.25, -0.2) is 4.39 Å². The summed E-state index contributed by atoms with van der Waals surface area (Å²) in [6.45, 7) is 3.45. The summed E-state index contributed by atoms with van der Waals surface area (Å²) in [5, 5.41) is 20.2. The predicted molar refractivity (Wildman–Crippen MR) is 76.3 cm³/mol. The van der Waals surface area contributed by atoms with Gasteiger partial charge < -0.3 is 15.6 Å². The minimum Gasteiger partial charge on any atom is -0.394 e. The van der Waals surface area contributed by atoms with Crippen LogP contribution in [0.15, 0.2) is 18.2 Å². The number of nitro groups is 1. The average molecular weight is 300 g/mol. The lowest BCUT2D eigenvalue weighted by atomic mass is 9.86. The van der Waals surface area contributed by atoms with Crippen molar-refractivity contribution < 1.29 is 19.2 Å². The third-order valence-electron chi connectivity index (χ3n) is 3.39. The third kappa shape index (κ3) is 4.20. The Morgan fingerprint density at radius 3 is 2.76 bits per heavy atom. The van der Waals surface area contributed by atoms with Crippen LogP contribution in [0, 0.1) is 15.9 Å². The van der Waals surface area contributed by atoms with Gasteiger partial charge in [-0.1, -0.05) is 13.3 Å². The van der Waals surface area contributed by atoms with E-state index in [0.29, 0.717) is 6.61 Å². The summed E-state index contributed by atoms with van der Waals surface area (Å²) in [4.78, 5) is 10.2. The third-order valence-corrected chi connectivity index (χ3v) is 3.39. The molecule has 0 aromatic heterocycles. The Morgan fingerprint density at radius 1 is 1.57 bits per heavy atom. The second-order valence-electron chi connectivity index (χ2n) is 5.10. The lowest BCUT2D eigenvalue weighted by Gasteiger charge is -2.33. The molecule has 21 heavy (non-hydrogen) atoms. The van der Waals surface area contributed by atoms with E-state index in [1.54, 1.807) is 0 Å². The molecule has 0 radical (unpaired) electrons. The van der Waals surface area contributed by atoms with Crippen LogP contribution in [0.4, 0.5) is 10.1 Å². The monoisotopic (exact) mass is 300 g/mol. The van der Waals surface area contributed by atoms with Crippen LogP contribution in [0.5, 0.6) is 0 Å². The molecule has 118 valence electrons. The smallest absolute Gasteiger partial charge is 0.269 e. The van der Waals surface area contributed by atoms with Crippen molar-refractivity contribution in [2.24, 2.45) is 5.73 Å². The van der Waals surface area contributed by atoms with Crippen LogP contribution in [0.25, 0.3) is 0 Å². The van der Waals surface area contributed by atoms with Crippen LogP contribution in [-0.2, 0) is 10.3 Å². The summed E-state index contributed by atoms with van der Waals surface area (Å²) < 4.78 is 19.5. The van der Waals surface area contributed by atoms with Gasteiger partial charge in [0.1, 0.15) is 11.9 Å². The van der Waals surface area contributed by atoms with Gasteiger partial charge in [-0.15, -0.1) is 0 Å². The van der Waals surface area contributed by atoms with Crippen LogP contribution >= 0.6 is 0 Å². The zero-order valence-corrected chi connectivity index (χ0v) is 12.2. The Bertz CT molecular complexity index is 494. The van der Waals surface area contributed by atoms with Crippen molar-refractivity contribution in [2.75, 3.05) is 13.2 Å². The Hall–Kier alpha value is -1.57. The number of benzene rings is 1. The van der Waals surface area contributed by atoms with E-state index < -0.39 is 29.0 Å². The maximum atomic E-state index is 14.0. The largest absolute Gasteiger partial charge is 0.394 e. The second-order valence-corrected chi connectivity index (χ2v) is 5.10. The number of hydrogen-bond acceptors (Lipinski definition) is 5. The zero-order valence-electron chi connectivity index (χ0n) is 12.2. The molecule has 0 aliphatic heterocycles. The fourth-order valence-electron chi connectivity index (χ4n) is 2.00. The standard InChI is InChI=1S/C14H21FN2O4/c1-3-4-7-21-13(9-18)14(2,16)11-8-10(17(19)20)5-6-12(11)15/h5-6,8,13,18H,3-4,7,9,16H2,1-2H3/t13?,14-/m1/s1. The molecule has 1 aromatic carbocycles. The highest BCUT2D eigenvalue weighted by molar-refractivity contribution is 5.39. The molecule has 3 N–H and O–H groups in total. The number of nitro benzene ring substituents is 1. The first-order valence-corrected chi connectivity index (χ1v) is 6.80. The number of ether oxygens (including phenoxy) is 1. The zero-order chi connectivity index (χ0) is 16.0. The van der Waals surface area contributed by atoms with Crippen LogP contribution < -0.4 is 5.73 Å². The van der Waals surface area contributed by atoms with E-state index in [2.05, 4.69) is 0 Å². The molecule has 0 bridgehead atoms. The van der Waals surface area contributed by atoms with Gasteiger partial charge in [-0.05, 0) is 19.4 Å². The summed E-state index contributed by atoms with van der Waals surface area (Å²) in [5.74, 6) is -0.664. The van der Waals surface area contributed by atoms with Gasteiger partial charge in [0.15, 0.2) is 0 Å². The normalized spacial score (nSPS) is 15.5. The van der Waals surface area contributed by atoms with E-state index >= 15 is 0 Å². The van der Waals surface area contributed by atoms with Crippen LogP contribution in [0.1, 0.15) is 32.3 Å². The van der Waals surface area contributed by atoms with Crippen LogP contribution in [-0.4, -0.2) is 29.3 Å². The minimum atomic E-state index is -1.38. The summed E-state index contributed by atoms with van der Waals surface area (Å²) in [6.07, 6.45) is 0.842. The van der Waals surface area contributed by atoms with Crippen molar-refractivity contribution in [3.63, 3.8) is 0 Å². The molecule has 0 saturated carbocycles. The number of hydrogen-bond donors (Lipinski definition) is 2. The topological polar surface area (TPSA) is 98.6 Å². The fourth-order valence-corrected chi connectivity index (χ4v) is 2.00. The van der Waals surface area contributed by atoms with Gasteiger partial charge in [0, 0.05) is 24.3 Å². The van der Waals surface area contributed by atoms with Gasteiger partial charge in [-0.2, -0.15) is 0 Å². The minimum absolute atomic E-state index is 0.0488. The lowest BCUT2D eigenvalue weighted by molar-refractivity contribution is -0.385. The quantitative estimate of drug-likeness (QED) is 0.435. The number of nitrogens with zero attached hydrogens (tertiary/aromatic N) is 1. The van der Waals surface area contributed by atoms with E-state index in [-0.39, 0.29) is 11.3 Å². The molecule has 0 fully saturated rings. The van der Waals surface area contributed by atoms with Gasteiger partial charge >= 0.3 is 0 Å². The Kier molecular flexibility index (Phi) is 6.19. The van der Waals surface area contributed by atoms with Crippen molar-refractivity contribution in [3.05, 3.63) is 39.7 Å². The number of nitrogens with two attached hydrogens (primary N) is 1. The van der Waals surface area contributed by atoms with Crippen LogP contribution in [0.3, 0.4) is 0 Å². The van der Waals surface area contributed by atoms with E-state index in [9.17, 15) is 19.6 Å². The van der Waals surface area contributed by atoms with Crippen LogP contribution in [0.2, 0.25) is 0 Å². The molecule has 0 aliphatic carbocycles. The number of halogens is 1. The van der Waals surface area contributed by atoms with Crippen molar-refractivity contribution >= 4 is 5.69 Å². The van der Waals surface area contributed by atoms with Crippen molar-refractivity contribution in [3.8, 4) is 0 Å². The highest BCUT2D eigenvalue weighted by atomic mass is 19.1. The summed E-state index contributed by atoms with van der Waals surface area (Å²) in [7, 11) is 0. The van der Waals surface area contributed by atoms with Gasteiger partial charge in [0.2, 0.25) is 0 Å². The molecule has 1 aromatic rings. The van der Waals surface area contributed by atoms with Crippen molar-refractivity contribution in [1.82, 2.24) is 0 Å². The molecule has 0 amide bonds. The molecule has 0 aliphatic rings. The molecule has 1 unspecified atom stereocenters. The van der Waals surface area contributed by atoms with Crippen molar-refractivity contribution in [2.45, 2.75) is 38.3 Å². The molecule has 0 spiro atoms. The highest BCUT2D eigenvalue weighted by Crippen LogP contribution is 2.29.